The van der Waals surface area contributed by atoms with E-state index in [-0.39, 0.29) is 5.76 Å². The average Bonchev–Trinajstić information content (AvgIpc) is 2.72. The van der Waals surface area contributed by atoms with Crippen molar-refractivity contribution in [2.24, 2.45) is 0 Å². The van der Waals surface area contributed by atoms with E-state index in [1.54, 1.807) is 0 Å². The number of nitrogens with two attached hydrogens (primary N) is 1. The molecule has 29 heavy (non-hydrogen) atoms. The van der Waals surface area contributed by atoms with Gasteiger partial charge in [0.15, 0.2) is 0 Å². The number of nitrogen functional groups attached to an aromatic ring is 1. The minimum atomic E-state index is 0.231. The van der Waals surface area contributed by atoms with Crippen LogP contribution in [0.25, 0.3) is 17.4 Å². The third-order valence-electron chi connectivity index (χ3n) is 4.33. The molecule has 0 saturated carbocycles. The van der Waals surface area contributed by atoms with Crippen LogP contribution < -0.4 is 5.73 Å². The summed E-state index contributed by atoms with van der Waals surface area (Å²) in [7, 11) is 0. The Morgan fingerprint density at radius 2 is 1.34 bits per heavy atom. The zero-order valence-corrected chi connectivity index (χ0v) is 18.9. The molecule has 3 N–H and O–H groups in total. The fraction of sp³-hybridized carbons (Fsp3) is 0.0400. The molecule has 2 nitrogen and oxygen atoms in total. The highest BCUT2D eigenvalue weighted by atomic mass is 79.9. The molecule has 0 aliphatic carbocycles. The number of anilines is 1. The number of hydrogen-bond donors (Lipinski definition) is 2. The van der Waals surface area contributed by atoms with Crippen molar-refractivity contribution in [2.45, 2.75) is 6.42 Å². The second kappa shape index (κ2) is 10.3. The van der Waals surface area contributed by atoms with Gasteiger partial charge in [-0.1, -0.05) is 86.5 Å². The van der Waals surface area contributed by atoms with Crippen molar-refractivity contribution in [3.8, 4) is 0 Å². The monoisotopic (exact) mass is 509 g/mol. The molecule has 3 rings (SSSR count). The Morgan fingerprint density at radius 1 is 0.793 bits per heavy atom. The van der Waals surface area contributed by atoms with E-state index in [0.29, 0.717) is 0 Å². The lowest BCUT2D eigenvalue weighted by molar-refractivity contribution is 0.512. The summed E-state index contributed by atoms with van der Waals surface area (Å²) in [5.41, 5.74) is 10.4. The van der Waals surface area contributed by atoms with Crippen molar-refractivity contribution in [2.75, 3.05) is 5.73 Å². The van der Waals surface area contributed by atoms with Gasteiger partial charge in [0.1, 0.15) is 5.76 Å². The van der Waals surface area contributed by atoms with Crippen LogP contribution in [0.3, 0.4) is 0 Å². The number of benzene rings is 3. The summed E-state index contributed by atoms with van der Waals surface area (Å²) in [6.07, 6.45) is 8.80. The molecule has 0 aromatic heterocycles. The van der Waals surface area contributed by atoms with Crippen LogP contribution in [0.15, 0.2) is 100.0 Å². The topological polar surface area (TPSA) is 46.2 Å². The number of rotatable bonds is 6. The van der Waals surface area contributed by atoms with Gasteiger partial charge in [-0.15, -0.1) is 0 Å². The molecule has 3 aromatic carbocycles. The summed E-state index contributed by atoms with van der Waals surface area (Å²) in [6.45, 7) is 0. The zero-order chi connectivity index (χ0) is 20.6. The summed E-state index contributed by atoms with van der Waals surface area (Å²) in [5.74, 6) is 0.231. The summed E-state index contributed by atoms with van der Waals surface area (Å²) in [6, 6.07) is 23.4. The summed E-state index contributed by atoms with van der Waals surface area (Å²) >= 11 is 6.90. The van der Waals surface area contributed by atoms with Crippen molar-refractivity contribution in [1.29, 1.82) is 0 Å². The van der Waals surface area contributed by atoms with Gasteiger partial charge in [-0.2, -0.15) is 0 Å². The molecule has 0 atom stereocenters. The van der Waals surface area contributed by atoms with Gasteiger partial charge in [0.25, 0.3) is 0 Å². The fourth-order valence-corrected chi connectivity index (χ4v) is 3.29. The van der Waals surface area contributed by atoms with Crippen molar-refractivity contribution < 1.29 is 5.11 Å². The average molecular weight is 511 g/mol. The van der Waals surface area contributed by atoms with Crippen molar-refractivity contribution in [3.63, 3.8) is 0 Å². The van der Waals surface area contributed by atoms with Gasteiger partial charge in [-0.25, -0.2) is 0 Å². The molecule has 146 valence electrons. The number of aliphatic hydroxyl groups excluding tert-OH is 1. The first kappa shape index (κ1) is 21.2. The van der Waals surface area contributed by atoms with E-state index in [9.17, 15) is 5.11 Å². The molecular formula is C25H21Br2NO. The maximum atomic E-state index is 10.6. The molecule has 0 unspecified atom stereocenters. The van der Waals surface area contributed by atoms with Crippen molar-refractivity contribution in [3.05, 3.63) is 117 Å². The van der Waals surface area contributed by atoms with Gasteiger partial charge >= 0.3 is 0 Å². The van der Waals surface area contributed by atoms with Gasteiger partial charge in [-0.05, 0) is 65.6 Å². The lowest BCUT2D eigenvalue weighted by Crippen LogP contribution is -1.87. The number of aliphatic hydroxyl groups is 1. The predicted molar refractivity (Wildman–Crippen MR) is 131 cm³/mol. The van der Waals surface area contributed by atoms with Gasteiger partial charge in [0.05, 0.1) is 0 Å². The highest BCUT2D eigenvalue weighted by molar-refractivity contribution is 9.10. The van der Waals surface area contributed by atoms with E-state index in [4.69, 9.17) is 5.73 Å². The minimum Gasteiger partial charge on any atom is -0.507 e. The summed E-state index contributed by atoms with van der Waals surface area (Å²) in [5, 5.41) is 10.6. The Hall–Kier alpha value is -2.56. The van der Waals surface area contributed by atoms with E-state index in [2.05, 4.69) is 50.1 Å². The van der Waals surface area contributed by atoms with Gasteiger partial charge in [0.2, 0.25) is 0 Å². The lowest BCUT2D eigenvalue weighted by atomic mass is 10.0. The van der Waals surface area contributed by atoms with E-state index in [0.717, 1.165) is 43.3 Å². The molecule has 0 fully saturated rings. The molecule has 0 bridgehead atoms. The normalized spacial score (nSPS) is 12.5. The third-order valence-corrected chi connectivity index (χ3v) is 5.39. The van der Waals surface area contributed by atoms with Crippen LogP contribution in [-0.4, -0.2) is 5.11 Å². The molecule has 4 heteroatoms. The van der Waals surface area contributed by atoms with Gasteiger partial charge in [-0.3, -0.25) is 0 Å². The molecule has 0 spiro atoms. The van der Waals surface area contributed by atoms with E-state index < -0.39 is 0 Å². The highest BCUT2D eigenvalue weighted by Gasteiger charge is 2.04. The first-order valence-electron chi connectivity index (χ1n) is 9.16. The van der Waals surface area contributed by atoms with Crippen LogP contribution in [0.4, 0.5) is 5.69 Å². The first-order valence-corrected chi connectivity index (χ1v) is 10.7. The summed E-state index contributed by atoms with van der Waals surface area (Å²) in [4.78, 5) is 0. The quantitative estimate of drug-likeness (QED) is 0.201. The van der Waals surface area contributed by atoms with E-state index in [1.807, 2.05) is 78.9 Å². The fourth-order valence-electron chi connectivity index (χ4n) is 2.76. The molecule has 0 aliphatic heterocycles. The maximum absolute atomic E-state index is 10.6. The van der Waals surface area contributed by atoms with Crippen LogP contribution in [-0.2, 0) is 0 Å². The second-order valence-electron chi connectivity index (χ2n) is 6.51. The Kier molecular flexibility index (Phi) is 7.50. The standard InChI is InChI=1S/C25H21Br2NO/c26-22-11-7-19(8-12-22)21(17-25(29)20-9-13-23(27)14-10-20)4-2-1-3-18-5-15-24(28)16-6-18/h1,3-17,29H,2,28H2/b3-1+,21-4+,25-17-. The number of halogens is 2. The molecule has 0 saturated heterocycles. The molecule has 0 heterocycles. The highest BCUT2D eigenvalue weighted by Crippen LogP contribution is 2.24. The molecular weight excluding hydrogens is 490 g/mol. The lowest BCUT2D eigenvalue weighted by Gasteiger charge is -2.06. The zero-order valence-electron chi connectivity index (χ0n) is 15.7. The first-order chi connectivity index (χ1) is 14.0. The van der Waals surface area contributed by atoms with Gasteiger partial charge < -0.3 is 10.8 Å². The van der Waals surface area contributed by atoms with Crippen molar-refractivity contribution in [1.82, 2.24) is 0 Å². The Morgan fingerprint density at radius 3 is 1.93 bits per heavy atom. The Bertz CT molecular complexity index is 1030. The molecule has 0 radical (unpaired) electrons. The molecule has 0 aliphatic rings. The smallest absolute Gasteiger partial charge is 0.123 e. The second-order valence-corrected chi connectivity index (χ2v) is 8.34. The molecule has 3 aromatic rings. The van der Waals surface area contributed by atoms with Crippen LogP contribution in [0, 0.1) is 0 Å². The van der Waals surface area contributed by atoms with Crippen LogP contribution in [0.5, 0.6) is 0 Å². The van der Waals surface area contributed by atoms with Crippen LogP contribution in [0.2, 0.25) is 0 Å². The Labute approximate surface area is 188 Å². The third kappa shape index (κ3) is 6.48. The van der Waals surface area contributed by atoms with E-state index >= 15 is 0 Å². The van der Waals surface area contributed by atoms with Crippen LogP contribution >= 0.6 is 31.9 Å². The van der Waals surface area contributed by atoms with Crippen molar-refractivity contribution >= 4 is 55.0 Å². The molecule has 0 amide bonds. The van der Waals surface area contributed by atoms with Gasteiger partial charge in [0, 0.05) is 20.2 Å². The SMILES string of the molecule is Nc1ccc(/C=C/C/C=C(\C=C(/O)c2ccc(Br)cc2)c2ccc(Br)cc2)cc1. The minimum absolute atomic E-state index is 0.231. The Balaban J connectivity index is 1.85. The summed E-state index contributed by atoms with van der Waals surface area (Å²) < 4.78 is 2.00. The number of allylic oxidation sites excluding steroid dienone is 4. The maximum Gasteiger partial charge on any atom is 0.123 e. The number of hydrogen-bond acceptors (Lipinski definition) is 2. The largest absolute Gasteiger partial charge is 0.507 e. The van der Waals surface area contributed by atoms with Crippen LogP contribution in [0.1, 0.15) is 23.1 Å². The van der Waals surface area contributed by atoms with E-state index in [1.165, 1.54) is 0 Å². The predicted octanol–water partition coefficient (Wildman–Crippen LogP) is 7.88.